The molecule has 1 aliphatic heterocycles. The Morgan fingerprint density at radius 1 is 1.12 bits per heavy atom. The van der Waals surface area contributed by atoms with Gasteiger partial charge in [-0.05, 0) is 19.1 Å². The minimum absolute atomic E-state index is 0.0331. The van der Waals surface area contributed by atoms with Crippen LogP contribution in [0.25, 0.3) is 0 Å². The summed E-state index contributed by atoms with van der Waals surface area (Å²) in [5.41, 5.74) is 1.33. The molecule has 2 aliphatic rings. The van der Waals surface area contributed by atoms with Crippen molar-refractivity contribution in [2.45, 2.75) is 32.3 Å². The van der Waals surface area contributed by atoms with Crippen LogP contribution in [0.3, 0.4) is 0 Å². The maximum atomic E-state index is 5.88. The highest BCUT2D eigenvalue weighted by molar-refractivity contribution is 5.50. The SMILES string of the molecule is CC.CC12C=CC=CC1Oc1ccccc12. The molecule has 84 valence electrons. The van der Waals surface area contributed by atoms with Gasteiger partial charge in [-0.25, -0.2) is 0 Å². The van der Waals surface area contributed by atoms with Gasteiger partial charge in [-0.3, -0.25) is 0 Å². The molecular weight excluding hydrogens is 196 g/mol. The Morgan fingerprint density at radius 3 is 2.69 bits per heavy atom. The monoisotopic (exact) mass is 214 g/mol. The van der Waals surface area contributed by atoms with Crippen LogP contribution in [0.4, 0.5) is 0 Å². The molecule has 0 radical (unpaired) electrons. The zero-order valence-corrected chi connectivity index (χ0v) is 10.1. The van der Waals surface area contributed by atoms with Crippen LogP contribution in [0.1, 0.15) is 26.3 Å². The predicted molar refractivity (Wildman–Crippen MR) is 67.8 cm³/mol. The van der Waals surface area contributed by atoms with Crippen molar-refractivity contribution in [2.24, 2.45) is 0 Å². The maximum Gasteiger partial charge on any atom is 0.130 e. The molecule has 1 aromatic carbocycles. The van der Waals surface area contributed by atoms with Crippen molar-refractivity contribution < 1.29 is 4.74 Å². The molecule has 2 unspecified atom stereocenters. The Balaban J connectivity index is 0.000000457. The quantitative estimate of drug-likeness (QED) is 0.637. The van der Waals surface area contributed by atoms with Crippen LogP contribution in [0.5, 0.6) is 5.75 Å². The lowest BCUT2D eigenvalue weighted by Crippen LogP contribution is -2.32. The van der Waals surface area contributed by atoms with E-state index in [-0.39, 0.29) is 11.5 Å². The molecule has 0 aromatic heterocycles. The molecule has 0 saturated carbocycles. The molecule has 0 fully saturated rings. The van der Waals surface area contributed by atoms with Crippen LogP contribution < -0.4 is 4.74 Å². The zero-order valence-electron chi connectivity index (χ0n) is 10.1. The molecule has 0 bridgehead atoms. The fourth-order valence-electron chi connectivity index (χ4n) is 2.27. The topological polar surface area (TPSA) is 9.23 Å². The van der Waals surface area contributed by atoms with Gasteiger partial charge in [0.25, 0.3) is 0 Å². The lowest BCUT2D eigenvalue weighted by atomic mass is 9.77. The van der Waals surface area contributed by atoms with E-state index < -0.39 is 0 Å². The minimum Gasteiger partial charge on any atom is -0.485 e. The Hall–Kier alpha value is -1.50. The molecule has 1 heteroatoms. The van der Waals surface area contributed by atoms with Gasteiger partial charge < -0.3 is 4.74 Å². The molecule has 1 nitrogen and oxygen atoms in total. The second-order valence-electron chi connectivity index (χ2n) is 4.06. The summed E-state index contributed by atoms with van der Waals surface area (Å²) < 4.78 is 5.88. The maximum absolute atomic E-state index is 5.88. The summed E-state index contributed by atoms with van der Waals surface area (Å²) in [5, 5.41) is 0. The first-order valence-corrected chi connectivity index (χ1v) is 5.93. The van der Waals surface area contributed by atoms with Gasteiger partial charge in [0, 0.05) is 5.56 Å². The highest BCUT2D eigenvalue weighted by Gasteiger charge is 2.42. The number of fused-ring (bicyclic) bond motifs is 3. The van der Waals surface area contributed by atoms with Crippen molar-refractivity contribution in [3.05, 3.63) is 54.1 Å². The first kappa shape index (κ1) is 11.0. The number of para-hydroxylation sites is 1. The van der Waals surface area contributed by atoms with Gasteiger partial charge in [-0.1, -0.05) is 50.3 Å². The third-order valence-corrected chi connectivity index (χ3v) is 3.15. The highest BCUT2D eigenvalue weighted by Crippen LogP contribution is 2.45. The fourth-order valence-corrected chi connectivity index (χ4v) is 2.27. The molecule has 1 heterocycles. The van der Waals surface area contributed by atoms with E-state index in [2.05, 4.69) is 43.4 Å². The summed E-state index contributed by atoms with van der Waals surface area (Å²) in [6, 6.07) is 8.29. The smallest absolute Gasteiger partial charge is 0.130 e. The lowest BCUT2D eigenvalue weighted by Gasteiger charge is -2.26. The molecule has 0 amide bonds. The van der Waals surface area contributed by atoms with E-state index in [1.54, 1.807) is 0 Å². The van der Waals surface area contributed by atoms with E-state index >= 15 is 0 Å². The lowest BCUT2D eigenvalue weighted by molar-refractivity contribution is 0.228. The Labute approximate surface area is 97.4 Å². The average Bonchev–Trinajstić information content (AvgIpc) is 2.65. The third-order valence-electron chi connectivity index (χ3n) is 3.15. The van der Waals surface area contributed by atoms with Crippen molar-refractivity contribution in [2.75, 3.05) is 0 Å². The number of hydrogen-bond donors (Lipinski definition) is 0. The second-order valence-corrected chi connectivity index (χ2v) is 4.06. The summed E-state index contributed by atoms with van der Waals surface area (Å²) in [6.07, 6.45) is 8.67. The van der Waals surface area contributed by atoms with Gasteiger partial charge >= 0.3 is 0 Å². The Kier molecular flexibility index (Phi) is 2.86. The molecule has 0 saturated heterocycles. The highest BCUT2D eigenvalue weighted by atomic mass is 16.5. The van der Waals surface area contributed by atoms with Crippen molar-refractivity contribution >= 4 is 0 Å². The number of benzene rings is 1. The largest absolute Gasteiger partial charge is 0.485 e. The molecule has 1 aliphatic carbocycles. The van der Waals surface area contributed by atoms with Crippen LogP contribution in [-0.4, -0.2) is 6.10 Å². The minimum atomic E-state index is 0.0331. The molecular formula is C15H18O. The van der Waals surface area contributed by atoms with Crippen molar-refractivity contribution in [3.63, 3.8) is 0 Å². The van der Waals surface area contributed by atoms with Crippen LogP contribution in [0.2, 0.25) is 0 Å². The van der Waals surface area contributed by atoms with Gasteiger partial charge in [-0.2, -0.15) is 0 Å². The summed E-state index contributed by atoms with van der Waals surface area (Å²) in [5.74, 6) is 1.02. The van der Waals surface area contributed by atoms with Crippen LogP contribution in [0.15, 0.2) is 48.6 Å². The molecule has 2 atom stereocenters. The summed E-state index contributed by atoms with van der Waals surface area (Å²) in [6.45, 7) is 6.23. The van der Waals surface area contributed by atoms with E-state index in [1.165, 1.54) is 5.56 Å². The molecule has 1 aromatic rings. The van der Waals surface area contributed by atoms with Gasteiger partial charge in [0.05, 0.1) is 5.41 Å². The second kappa shape index (κ2) is 4.17. The van der Waals surface area contributed by atoms with Gasteiger partial charge in [0.2, 0.25) is 0 Å². The van der Waals surface area contributed by atoms with Gasteiger partial charge in [0.1, 0.15) is 11.9 Å². The van der Waals surface area contributed by atoms with E-state index in [0.717, 1.165) is 5.75 Å². The van der Waals surface area contributed by atoms with E-state index in [1.807, 2.05) is 26.0 Å². The van der Waals surface area contributed by atoms with Crippen LogP contribution in [-0.2, 0) is 5.41 Å². The fraction of sp³-hybridized carbons (Fsp3) is 0.333. The standard InChI is InChI=1S/C13H12O.C2H6/c1-13-9-5-4-8-12(13)14-11-7-3-2-6-10(11)13;1-2/h2-9,12H,1H3;1-2H3. The van der Waals surface area contributed by atoms with Crippen molar-refractivity contribution in [1.82, 2.24) is 0 Å². The number of allylic oxidation sites excluding steroid dienone is 2. The summed E-state index contributed by atoms with van der Waals surface area (Å²) in [4.78, 5) is 0. The van der Waals surface area contributed by atoms with E-state index in [9.17, 15) is 0 Å². The van der Waals surface area contributed by atoms with Crippen molar-refractivity contribution in [1.29, 1.82) is 0 Å². The molecule has 16 heavy (non-hydrogen) atoms. The van der Waals surface area contributed by atoms with Gasteiger partial charge in [0.15, 0.2) is 0 Å². The molecule has 3 rings (SSSR count). The molecule has 0 spiro atoms. The summed E-state index contributed by atoms with van der Waals surface area (Å²) in [7, 11) is 0. The first-order valence-electron chi connectivity index (χ1n) is 5.93. The van der Waals surface area contributed by atoms with E-state index in [4.69, 9.17) is 4.74 Å². The van der Waals surface area contributed by atoms with Crippen LogP contribution in [0, 0.1) is 0 Å². The molecule has 0 N–H and O–H groups in total. The Morgan fingerprint density at radius 2 is 1.88 bits per heavy atom. The third kappa shape index (κ3) is 1.47. The Bertz CT molecular complexity index is 431. The zero-order chi connectivity index (χ0) is 11.6. The number of ether oxygens (including phenoxy) is 1. The number of rotatable bonds is 0. The van der Waals surface area contributed by atoms with E-state index in [0.29, 0.717) is 0 Å². The van der Waals surface area contributed by atoms with Crippen LogP contribution >= 0.6 is 0 Å². The number of hydrogen-bond acceptors (Lipinski definition) is 1. The van der Waals surface area contributed by atoms with Crippen molar-refractivity contribution in [3.8, 4) is 5.75 Å². The normalized spacial score (nSPS) is 28.6. The first-order chi connectivity index (χ1) is 7.81. The summed E-state index contributed by atoms with van der Waals surface area (Å²) >= 11 is 0. The predicted octanol–water partition coefficient (Wildman–Crippen LogP) is 3.86. The average molecular weight is 214 g/mol. The van der Waals surface area contributed by atoms with Gasteiger partial charge in [-0.15, -0.1) is 0 Å².